The maximum absolute atomic E-state index is 12.6. The van der Waals surface area contributed by atoms with E-state index in [1.54, 1.807) is 25.3 Å². The van der Waals surface area contributed by atoms with E-state index in [1.165, 1.54) is 0 Å². The minimum absolute atomic E-state index is 0.242. The Morgan fingerprint density at radius 1 is 1.06 bits per heavy atom. The van der Waals surface area contributed by atoms with Gasteiger partial charge in [0, 0.05) is 6.54 Å². The average molecular weight is 445 g/mol. The zero-order chi connectivity index (χ0) is 22.6. The molecule has 0 aliphatic rings. The molecular formula is C24H32N2O4S. The third-order valence-corrected chi connectivity index (χ3v) is 4.61. The fourth-order valence-corrected chi connectivity index (χ4v) is 2.87. The lowest BCUT2D eigenvalue weighted by Gasteiger charge is -2.15. The van der Waals surface area contributed by atoms with Gasteiger partial charge in [-0.05, 0) is 54.4 Å². The number of nitrogens with one attached hydrogen (secondary N) is 2. The summed E-state index contributed by atoms with van der Waals surface area (Å²) in [6.45, 7) is 7.86. The summed E-state index contributed by atoms with van der Waals surface area (Å²) in [5, 5.41) is 6.01. The summed E-state index contributed by atoms with van der Waals surface area (Å²) < 4.78 is 16.9. The van der Waals surface area contributed by atoms with E-state index in [1.807, 2.05) is 24.3 Å². The Kier molecular flexibility index (Phi) is 10.1. The van der Waals surface area contributed by atoms with Crippen molar-refractivity contribution in [2.45, 2.75) is 40.2 Å². The quantitative estimate of drug-likeness (QED) is 0.386. The van der Waals surface area contributed by atoms with Gasteiger partial charge in [0.05, 0.1) is 25.9 Å². The molecule has 1 amide bonds. The molecule has 0 radical (unpaired) electrons. The molecule has 0 aliphatic heterocycles. The molecule has 2 aromatic rings. The van der Waals surface area contributed by atoms with Gasteiger partial charge in [0.2, 0.25) is 0 Å². The smallest absolute Gasteiger partial charge is 0.261 e. The van der Waals surface area contributed by atoms with Crippen molar-refractivity contribution in [2.24, 2.45) is 5.92 Å². The van der Waals surface area contributed by atoms with E-state index < -0.39 is 0 Å². The Morgan fingerprint density at radius 2 is 1.84 bits per heavy atom. The Bertz CT molecular complexity index is 870. The van der Waals surface area contributed by atoms with Gasteiger partial charge in [0.25, 0.3) is 5.91 Å². The Morgan fingerprint density at radius 3 is 2.55 bits per heavy atom. The number of carbonyl (C=O) groups excluding carboxylic acids is 1. The van der Waals surface area contributed by atoms with Crippen LogP contribution in [0.25, 0.3) is 0 Å². The van der Waals surface area contributed by atoms with Crippen LogP contribution in [-0.4, -0.2) is 31.3 Å². The number of hydrogen-bond donors (Lipinski definition) is 2. The van der Waals surface area contributed by atoms with Crippen LogP contribution in [0.5, 0.6) is 17.2 Å². The highest BCUT2D eigenvalue weighted by Gasteiger charge is 2.14. The van der Waals surface area contributed by atoms with Gasteiger partial charge in [-0.1, -0.05) is 45.4 Å². The van der Waals surface area contributed by atoms with E-state index in [4.69, 9.17) is 26.4 Å². The van der Waals surface area contributed by atoms with Crippen molar-refractivity contribution in [3.05, 3.63) is 53.6 Å². The molecule has 0 saturated heterocycles. The fraction of sp³-hybridized carbons (Fsp3) is 0.417. The van der Waals surface area contributed by atoms with Gasteiger partial charge in [-0.15, -0.1) is 0 Å². The van der Waals surface area contributed by atoms with E-state index in [9.17, 15) is 4.79 Å². The van der Waals surface area contributed by atoms with Crippen LogP contribution in [0.4, 0.5) is 0 Å². The predicted octanol–water partition coefficient (Wildman–Crippen LogP) is 4.71. The summed E-state index contributed by atoms with van der Waals surface area (Å²) in [5.74, 6) is 1.98. The summed E-state index contributed by atoms with van der Waals surface area (Å²) in [7, 11) is 1.61. The number of para-hydroxylation sites is 1. The predicted molar refractivity (Wildman–Crippen MR) is 127 cm³/mol. The zero-order valence-corrected chi connectivity index (χ0v) is 19.5. The lowest BCUT2D eigenvalue weighted by Crippen LogP contribution is -2.39. The zero-order valence-electron chi connectivity index (χ0n) is 18.7. The van der Waals surface area contributed by atoms with Gasteiger partial charge in [0.1, 0.15) is 5.75 Å². The summed E-state index contributed by atoms with van der Waals surface area (Å²) in [6, 6.07) is 12.9. The van der Waals surface area contributed by atoms with Crippen molar-refractivity contribution >= 4 is 23.2 Å². The highest BCUT2D eigenvalue weighted by Crippen LogP contribution is 2.28. The Balaban J connectivity index is 1.92. The van der Waals surface area contributed by atoms with Crippen LogP contribution in [0.15, 0.2) is 42.5 Å². The summed E-state index contributed by atoms with van der Waals surface area (Å²) in [4.78, 5) is 12.6. The molecule has 0 saturated carbocycles. The topological polar surface area (TPSA) is 68.8 Å². The molecule has 31 heavy (non-hydrogen) atoms. The fourth-order valence-electron chi connectivity index (χ4n) is 2.70. The van der Waals surface area contributed by atoms with Crippen molar-refractivity contribution in [1.29, 1.82) is 0 Å². The number of ether oxygens (including phenoxy) is 3. The lowest BCUT2D eigenvalue weighted by atomic mass is 10.2. The summed E-state index contributed by atoms with van der Waals surface area (Å²) in [5.41, 5.74) is 1.40. The second-order valence-electron chi connectivity index (χ2n) is 7.53. The maximum Gasteiger partial charge on any atom is 0.261 e. The van der Waals surface area contributed by atoms with Gasteiger partial charge in [-0.25, -0.2) is 0 Å². The molecule has 2 N–H and O–H groups in total. The number of benzene rings is 2. The van der Waals surface area contributed by atoms with Gasteiger partial charge < -0.3 is 19.5 Å². The number of hydrogen-bond acceptors (Lipinski definition) is 5. The summed E-state index contributed by atoms with van der Waals surface area (Å²) in [6.07, 6.45) is 2.06. The van der Waals surface area contributed by atoms with Crippen molar-refractivity contribution in [2.75, 3.05) is 20.3 Å². The molecule has 2 aromatic carbocycles. The SMILES string of the molecule is CCCCOc1ccc(CNC(=S)NC(=O)c2ccccc2OCC(C)C)cc1OC. The first-order valence-corrected chi connectivity index (χ1v) is 11.0. The standard InChI is InChI=1S/C24H32N2O4S/c1-5-6-13-29-21-12-11-18(14-22(21)28-4)15-25-24(31)26-23(27)19-9-7-8-10-20(19)30-16-17(2)3/h7-12,14,17H,5-6,13,15-16H2,1-4H3,(H2,25,26,27,31). The minimum atomic E-state index is -0.311. The molecule has 0 aliphatic carbocycles. The lowest BCUT2D eigenvalue weighted by molar-refractivity contribution is 0.0972. The third-order valence-electron chi connectivity index (χ3n) is 4.37. The first kappa shape index (κ1) is 24.5. The van der Waals surface area contributed by atoms with Crippen LogP contribution in [0, 0.1) is 5.92 Å². The first-order chi connectivity index (χ1) is 14.9. The number of methoxy groups -OCH3 is 1. The molecule has 0 fully saturated rings. The molecule has 0 unspecified atom stereocenters. The normalized spacial score (nSPS) is 10.5. The van der Waals surface area contributed by atoms with Gasteiger partial charge in [-0.2, -0.15) is 0 Å². The Hall–Kier alpha value is -2.80. The van der Waals surface area contributed by atoms with E-state index in [2.05, 4.69) is 31.4 Å². The number of amides is 1. The van der Waals surface area contributed by atoms with Crippen LogP contribution in [0.1, 0.15) is 49.5 Å². The maximum atomic E-state index is 12.6. The van der Waals surface area contributed by atoms with Crippen LogP contribution < -0.4 is 24.8 Å². The molecule has 6 nitrogen and oxygen atoms in total. The van der Waals surface area contributed by atoms with Crippen molar-refractivity contribution in [1.82, 2.24) is 10.6 Å². The van der Waals surface area contributed by atoms with Crippen molar-refractivity contribution in [3.63, 3.8) is 0 Å². The second-order valence-corrected chi connectivity index (χ2v) is 7.93. The molecular weight excluding hydrogens is 412 g/mol. The van der Waals surface area contributed by atoms with Gasteiger partial charge in [0.15, 0.2) is 16.6 Å². The minimum Gasteiger partial charge on any atom is -0.493 e. The van der Waals surface area contributed by atoms with E-state index in [-0.39, 0.29) is 11.0 Å². The van der Waals surface area contributed by atoms with Gasteiger partial charge in [-0.3, -0.25) is 10.1 Å². The monoisotopic (exact) mass is 444 g/mol. The van der Waals surface area contributed by atoms with Gasteiger partial charge >= 0.3 is 0 Å². The van der Waals surface area contributed by atoms with E-state index in [0.29, 0.717) is 48.5 Å². The van der Waals surface area contributed by atoms with E-state index in [0.717, 1.165) is 18.4 Å². The largest absolute Gasteiger partial charge is 0.493 e. The summed E-state index contributed by atoms with van der Waals surface area (Å²) >= 11 is 5.30. The number of carbonyl (C=O) groups is 1. The number of unbranched alkanes of at least 4 members (excludes halogenated alkanes) is 1. The number of rotatable bonds is 11. The second kappa shape index (κ2) is 12.8. The molecule has 0 atom stereocenters. The molecule has 0 bridgehead atoms. The molecule has 2 rings (SSSR count). The highest BCUT2D eigenvalue weighted by atomic mass is 32.1. The third kappa shape index (κ3) is 8.09. The van der Waals surface area contributed by atoms with E-state index >= 15 is 0 Å². The molecule has 168 valence electrons. The first-order valence-electron chi connectivity index (χ1n) is 10.5. The number of thiocarbonyl (C=S) groups is 1. The molecule has 0 heterocycles. The van der Waals surface area contributed by atoms with Crippen LogP contribution >= 0.6 is 12.2 Å². The van der Waals surface area contributed by atoms with Crippen LogP contribution in [-0.2, 0) is 6.54 Å². The molecule has 7 heteroatoms. The van der Waals surface area contributed by atoms with Crippen LogP contribution in [0.3, 0.4) is 0 Å². The van der Waals surface area contributed by atoms with Crippen molar-refractivity contribution in [3.8, 4) is 17.2 Å². The van der Waals surface area contributed by atoms with Crippen molar-refractivity contribution < 1.29 is 19.0 Å². The Labute approximate surface area is 190 Å². The highest BCUT2D eigenvalue weighted by molar-refractivity contribution is 7.80. The van der Waals surface area contributed by atoms with Crippen LogP contribution in [0.2, 0.25) is 0 Å². The average Bonchev–Trinajstić information content (AvgIpc) is 2.77. The molecule has 0 spiro atoms. The molecule has 0 aromatic heterocycles.